The Hall–Kier alpha value is -4.01. The van der Waals surface area contributed by atoms with E-state index in [1.165, 1.54) is 11.0 Å². The highest BCUT2D eigenvalue weighted by atomic mass is 32.1. The van der Waals surface area contributed by atoms with E-state index < -0.39 is 28.3 Å². The van der Waals surface area contributed by atoms with E-state index in [1.54, 1.807) is 32.0 Å². The molecule has 2 unspecified atom stereocenters. The van der Waals surface area contributed by atoms with Crippen molar-refractivity contribution in [3.63, 3.8) is 0 Å². The molecule has 2 aromatic carbocycles. The van der Waals surface area contributed by atoms with Gasteiger partial charge in [0.05, 0.1) is 41.4 Å². The van der Waals surface area contributed by atoms with Gasteiger partial charge in [0, 0.05) is 68.5 Å². The van der Waals surface area contributed by atoms with E-state index in [-0.39, 0.29) is 59.5 Å². The molecule has 0 aromatic heterocycles. The van der Waals surface area contributed by atoms with Crippen molar-refractivity contribution in [3.05, 3.63) is 59.2 Å². The third-order valence-electron chi connectivity index (χ3n) is 12.0. The van der Waals surface area contributed by atoms with E-state index in [0.717, 1.165) is 63.0 Å². The van der Waals surface area contributed by atoms with E-state index >= 15 is 0 Å². The number of piperidine rings is 1. The maximum Gasteiger partial charge on any atom is 0.417 e. The van der Waals surface area contributed by atoms with Gasteiger partial charge in [0.1, 0.15) is 5.50 Å². The third kappa shape index (κ3) is 9.49. The normalized spacial score (nSPS) is 27.6. The topological polar surface area (TPSA) is 138 Å². The van der Waals surface area contributed by atoms with E-state index in [1.807, 2.05) is 17.0 Å². The van der Waals surface area contributed by atoms with Gasteiger partial charge in [-0.1, -0.05) is 12.1 Å². The summed E-state index contributed by atoms with van der Waals surface area (Å²) in [6.45, 7) is 11.6. The summed E-state index contributed by atoms with van der Waals surface area (Å²) >= 11 is 4.76. The summed E-state index contributed by atoms with van der Waals surface area (Å²) in [4.78, 5) is 58.2. The van der Waals surface area contributed by atoms with Crippen LogP contribution in [0.4, 0.5) is 24.5 Å². The molecule has 3 heterocycles. The molecule has 4 fully saturated rings. The number of piperazine rings is 1. The van der Waals surface area contributed by atoms with Crippen molar-refractivity contribution in [2.75, 3.05) is 43.0 Å². The molecule has 4 aliphatic rings. The molecule has 1 aliphatic carbocycles. The molecule has 2 aromatic rings. The second-order valence-electron chi connectivity index (χ2n) is 16.2. The van der Waals surface area contributed by atoms with Crippen molar-refractivity contribution in [3.8, 4) is 6.07 Å². The molecule has 308 valence electrons. The fraction of sp³-hybridized carbons (Fsp3) is 0.585. The summed E-state index contributed by atoms with van der Waals surface area (Å²) in [5.74, 6) is -1.33. The smallest absolute Gasteiger partial charge is 0.377 e. The highest BCUT2D eigenvalue weighted by Gasteiger charge is 2.54. The number of anilines is 2. The van der Waals surface area contributed by atoms with Crippen molar-refractivity contribution >= 4 is 47.6 Å². The number of thiol groups is 1. The molecule has 2 N–H and O–H groups in total. The number of rotatable bonds is 11. The zero-order chi connectivity index (χ0) is 41.2. The van der Waals surface area contributed by atoms with Crippen molar-refractivity contribution in [2.45, 2.75) is 120 Å². The molecular formula is C41H52F3N7O5S. The van der Waals surface area contributed by atoms with E-state index in [2.05, 4.69) is 34.3 Å². The zero-order valence-electron chi connectivity index (χ0n) is 32.8. The van der Waals surface area contributed by atoms with Crippen molar-refractivity contribution in [2.24, 2.45) is 0 Å². The number of benzene rings is 2. The van der Waals surface area contributed by atoms with Gasteiger partial charge in [-0.2, -0.15) is 18.4 Å². The molecule has 1 saturated carbocycles. The van der Waals surface area contributed by atoms with Crippen LogP contribution in [0.2, 0.25) is 0 Å². The van der Waals surface area contributed by atoms with Crippen molar-refractivity contribution in [1.82, 2.24) is 20.0 Å². The molecule has 4 amide bonds. The van der Waals surface area contributed by atoms with Crippen molar-refractivity contribution in [1.29, 1.82) is 5.26 Å². The largest absolute Gasteiger partial charge is 0.417 e. The number of carbonyl (C=O) groups is 4. The number of imide groups is 1. The number of nitrogens with zero attached hydrogens (tertiary/aromatic N) is 5. The predicted molar refractivity (Wildman–Crippen MR) is 211 cm³/mol. The summed E-state index contributed by atoms with van der Waals surface area (Å²) < 4.78 is 47.6. The molecule has 12 nitrogen and oxygen atoms in total. The lowest BCUT2D eigenvalue weighted by atomic mass is 9.89. The molecule has 3 aliphatic heterocycles. The number of nitrogens with one attached hydrogen (secondary N) is 2. The molecule has 16 heteroatoms. The summed E-state index contributed by atoms with van der Waals surface area (Å²) in [7, 11) is 0. The summed E-state index contributed by atoms with van der Waals surface area (Å²) in [5, 5.41) is 14.6. The predicted octanol–water partition coefficient (Wildman–Crippen LogP) is 5.49. The first-order valence-corrected chi connectivity index (χ1v) is 20.2. The maximum absolute atomic E-state index is 13.7. The SMILES string of the molecule is C[C@@H]1CN(CCOC2CCC(N3C(S)N(c4ccc(C#N)c(C(F)(F)F)c4)C(=O)C3(C)C)CC2)C[C@H](C)N1CCC(=O)Nc1ccc(C2CCC(=O)NC2=O)cc1. The molecule has 3 saturated heterocycles. The molecule has 0 radical (unpaired) electrons. The zero-order valence-corrected chi connectivity index (χ0v) is 33.7. The average molecular weight is 812 g/mol. The summed E-state index contributed by atoms with van der Waals surface area (Å²) in [5.41, 5.74) is -1.81. The standard InChI is InChI=1S/C41H52F3N7O5S/c1-25-23-48(24-26(2)49(25)18-17-36(53)46-29-8-5-27(6-9-29)33-15-16-35(52)47-37(33)54)19-20-56-32-13-11-30(12-14-32)51-39(57)50(38(55)40(51,3)4)31-10-7-28(22-45)34(21-31)41(42,43)44/h5-10,21,25-26,30,32-33,39,57H,11-20,23-24H2,1-4H3,(H,46,53)(H,47,52,54)/t25-,26+,30?,32?,33?,39?. The van der Waals surface area contributed by atoms with Gasteiger partial charge in [-0.25, -0.2) is 0 Å². The first-order valence-electron chi connectivity index (χ1n) is 19.7. The van der Waals surface area contributed by atoms with Gasteiger partial charge in [-0.05, 0) is 95.7 Å². The Morgan fingerprint density at radius 3 is 2.28 bits per heavy atom. The fourth-order valence-electron chi connectivity index (χ4n) is 9.03. The number of hydrogen-bond donors (Lipinski definition) is 3. The molecular weight excluding hydrogens is 760 g/mol. The van der Waals surface area contributed by atoms with Crippen molar-refractivity contribution < 1.29 is 37.1 Å². The van der Waals surface area contributed by atoms with Gasteiger partial charge in [0.25, 0.3) is 0 Å². The lowest BCUT2D eigenvalue weighted by Crippen LogP contribution is -2.57. The van der Waals surface area contributed by atoms with E-state index in [9.17, 15) is 37.6 Å². The highest BCUT2D eigenvalue weighted by molar-refractivity contribution is 7.81. The molecule has 0 spiro atoms. The number of alkyl halides is 3. The number of hydrogen-bond acceptors (Lipinski definition) is 10. The number of ether oxygens (including phenoxy) is 1. The Labute approximate surface area is 337 Å². The van der Waals surface area contributed by atoms with Crippen LogP contribution in [0.5, 0.6) is 0 Å². The van der Waals surface area contributed by atoms with Gasteiger partial charge in [-0.3, -0.25) is 44.1 Å². The summed E-state index contributed by atoms with van der Waals surface area (Å²) in [6.07, 6.45) is -0.471. The van der Waals surface area contributed by atoms with Crippen LogP contribution in [0.15, 0.2) is 42.5 Å². The number of amides is 4. The summed E-state index contributed by atoms with van der Waals surface area (Å²) in [6, 6.07) is 12.6. The lowest BCUT2D eigenvalue weighted by Gasteiger charge is -2.44. The Morgan fingerprint density at radius 1 is 1.00 bits per heavy atom. The third-order valence-corrected chi connectivity index (χ3v) is 12.5. The van der Waals surface area contributed by atoms with E-state index in [0.29, 0.717) is 38.1 Å². The van der Waals surface area contributed by atoms with Gasteiger partial charge in [0.15, 0.2) is 0 Å². The first kappa shape index (κ1) is 42.6. The lowest BCUT2D eigenvalue weighted by molar-refractivity contribution is -0.138. The van der Waals surface area contributed by atoms with Crippen LogP contribution in [0.25, 0.3) is 0 Å². The number of carbonyl (C=O) groups excluding carboxylic acids is 4. The number of halogens is 3. The first-order chi connectivity index (χ1) is 27.0. The minimum atomic E-state index is -4.74. The Kier molecular flexibility index (Phi) is 13.0. The van der Waals surface area contributed by atoms with Crippen LogP contribution in [-0.4, -0.2) is 106 Å². The number of nitriles is 1. The Bertz CT molecular complexity index is 1850. The van der Waals surface area contributed by atoms with Gasteiger partial charge >= 0.3 is 6.18 Å². The second kappa shape index (κ2) is 17.5. The second-order valence-corrected chi connectivity index (χ2v) is 16.7. The monoisotopic (exact) mass is 811 g/mol. The van der Waals surface area contributed by atoms with Crippen LogP contribution in [0.3, 0.4) is 0 Å². The van der Waals surface area contributed by atoms with E-state index in [4.69, 9.17) is 17.4 Å². The molecule has 0 bridgehead atoms. The molecule has 6 rings (SSSR count). The van der Waals surface area contributed by atoms with Crippen LogP contribution in [-0.2, 0) is 30.1 Å². The minimum absolute atomic E-state index is 0.0147. The van der Waals surface area contributed by atoms with Crippen LogP contribution in [0, 0.1) is 11.3 Å². The van der Waals surface area contributed by atoms with Gasteiger partial charge < -0.3 is 10.1 Å². The van der Waals surface area contributed by atoms with Gasteiger partial charge in [0.2, 0.25) is 23.6 Å². The average Bonchev–Trinajstić information content (AvgIpc) is 3.33. The van der Waals surface area contributed by atoms with Crippen LogP contribution < -0.4 is 15.5 Å². The van der Waals surface area contributed by atoms with Crippen LogP contribution >= 0.6 is 12.6 Å². The maximum atomic E-state index is 13.7. The highest BCUT2D eigenvalue weighted by Crippen LogP contribution is 2.43. The fourth-order valence-corrected chi connectivity index (χ4v) is 9.74. The molecule has 4 atom stereocenters. The van der Waals surface area contributed by atoms with Gasteiger partial charge in [-0.15, -0.1) is 12.6 Å². The molecule has 57 heavy (non-hydrogen) atoms. The Balaban J connectivity index is 0.921. The minimum Gasteiger partial charge on any atom is -0.377 e. The van der Waals surface area contributed by atoms with Crippen LogP contribution in [0.1, 0.15) is 95.2 Å². The quantitative estimate of drug-likeness (QED) is 0.199. The Morgan fingerprint density at radius 2 is 1.67 bits per heavy atom.